The van der Waals surface area contributed by atoms with Crippen molar-refractivity contribution >= 4 is 5.91 Å². The van der Waals surface area contributed by atoms with E-state index < -0.39 is 0 Å². The Hall–Kier alpha value is -3.01. The number of hydrogen-bond acceptors (Lipinski definition) is 3. The molecule has 0 aliphatic rings. The summed E-state index contributed by atoms with van der Waals surface area (Å²) >= 11 is 0. The first kappa shape index (κ1) is 16.8. The molecule has 4 nitrogen and oxygen atoms in total. The molecule has 3 rings (SSSR count). The Kier molecular flexibility index (Phi) is 5.19. The molecule has 1 aromatic heterocycles. The number of furan rings is 1. The molecule has 3 aromatic rings. The summed E-state index contributed by atoms with van der Waals surface area (Å²) in [5.74, 6) is 1.53. The van der Waals surface area contributed by atoms with E-state index in [9.17, 15) is 4.79 Å². The minimum absolute atomic E-state index is 0.0129. The quantitative estimate of drug-likeness (QED) is 0.669. The molecule has 1 atom stereocenters. The van der Waals surface area contributed by atoms with Crippen LogP contribution in [0.15, 0.2) is 77.4 Å². The minimum atomic E-state index is -0.199. The maximum absolute atomic E-state index is 12.4. The van der Waals surface area contributed by atoms with E-state index in [1.54, 1.807) is 20.3 Å². The summed E-state index contributed by atoms with van der Waals surface area (Å²) < 4.78 is 10.7. The second kappa shape index (κ2) is 7.71. The van der Waals surface area contributed by atoms with Gasteiger partial charge in [-0.25, -0.2) is 0 Å². The maximum atomic E-state index is 12.4. The van der Waals surface area contributed by atoms with Crippen molar-refractivity contribution in [1.82, 2.24) is 4.90 Å². The van der Waals surface area contributed by atoms with Crippen LogP contribution in [0.3, 0.4) is 0 Å². The van der Waals surface area contributed by atoms with E-state index in [1.807, 2.05) is 71.6 Å². The lowest BCUT2D eigenvalue weighted by Gasteiger charge is -2.31. The lowest BCUT2D eigenvalue weighted by atomic mass is 9.96. The van der Waals surface area contributed by atoms with Crippen molar-refractivity contribution < 1.29 is 13.9 Å². The number of ether oxygens (including phenoxy) is 1. The summed E-state index contributed by atoms with van der Waals surface area (Å²) in [6, 6.07) is 21.3. The Bertz CT molecular complexity index is 795. The van der Waals surface area contributed by atoms with Crippen LogP contribution in [0.5, 0.6) is 5.75 Å². The first-order valence-electron chi connectivity index (χ1n) is 8.17. The Labute approximate surface area is 147 Å². The monoisotopic (exact) mass is 335 g/mol. The predicted octanol–water partition coefficient (Wildman–Crippen LogP) is 4.43. The average molecular weight is 335 g/mol. The van der Waals surface area contributed by atoms with Crippen LogP contribution < -0.4 is 4.74 Å². The van der Waals surface area contributed by atoms with Gasteiger partial charge in [-0.1, -0.05) is 42.5 Å². The van der Waals surface area contributed by atoms with Crippen molar-refractivity contribution in [1.29, 1.82) is 0 Å². The van der Waals surface area contributed by atoms with Gasteiger partial charge in [-0.3, -0.25) is 4.79 Å². The van der Waals surface area contributed by atoms with Gasteiger partial charge in [0, 0.05) is 6.92 Å². The molecule has 0 saturated heterocycles. The smallest absolute Gasteiger partial charge is 0.220 e. The van der Waals surface area contributed by atoms with Crippen LogP contribution in [0.2, 0.25) is 0 Å². The lowest BCUT2D eigenvalue weighted by Crippen LogP contribution is -2.33. The van der Waals surface area contributed by atoms with Gasteiger partial charge < -0.3 is 14.1 Å². The van der Waals surface area contributed by atoms with Crippen molar-refractivity contribution in [2.75, 3.05) is 7.11 Å². The minimum Gasteiger partial charge on any atom is -0.497 e. The molecule has 4 heteroatoms. The van der Waals surface area contributed by atoms with Crippen molar-refractivity contribution in [3.8, 4) is 5.75 Å². The van der Waals surface area contributed by atoms with Gasteiger partial charge in [0.15, 0.2) is 0 Å². The molecule has 0 aliphatic carbocycles. The van der Waals surface area contributed by atoms with E-state index in [-0.39, 0.29) is 11.9 Å². The number of carbonyl (C=O) groups is 1. The molecular weight excluding hydrogens is 314 g/mol. The van der Waals surface area contributed by atoms with E-state index in [0.29, 0.717) is 6.54 Å². The Morgan fingerprint density at radius 2 is 1.68 bits per heavy atom. The van der Waals surface area contributed by atoms with Gasteiger partial charge in [0.05, 0.1) is 26.0 Å². The lowest BCUT2D eigenvalue weighted by molar-refractivity contribution is -0.131. The Morgan fingerprint density at radius 1 is 1.00 bits per heavy atom. The Balaban J connectivity index is 2.03. The van der Waals surface area contributed by atoms with E-state index in [0.717, 1.165) is 22.6 Å². The fourth-order valence-corrected chi connectivity index (χ4v) is 2.93. The molecule has 1 amide bonds. The number of benzene rings is 2. The highest BCUT2D eigenvalue weighted by Crippen LogP contribution is 2.31. The molecule has 0 unspecified atom stereocenters. The van der Waals surface area contributed by atoms with Crippen molar-refractivity contribution in [2.24, 2.45) is 0 Å². The number of methoxy groups -OCH3 is 1. The van der Waals surface area contributed by atoms with Crippen molar-refractivity contribution in [3.63, 3.8) is 0 Å². The third-order valence-electron chi connectivity index (χ3n) is 4.17. The molecular formula is C21H21NO3. The van der Waals surface area contributed by atoms with Gasteiger partial charge in [0.25, 0.3) is 0 Å². The van der Waals surface area contributed by atoms with Gasteiger partial charge in [-0.2, -0.15) is 0 Å². The first-order valence-corrected chi connectivity index (χ1v) is 8.17. The zero-order valence-corrected chi connectivity index (χ0v) is 14.4. The summed E-state index contributed by atoms with van der Waals surface area (Å²) in [7, 11) is 1.64. The van der Waals surface area contributed by atoms with Crippen molar-refractivity contribution in [3.05, 3.63) is 89.9 Å². The molecule has 0 fully saturated rings. The molecule has 1 heterocycles. The van der Waals surface area contributed by atoms with Crippen LogP contribution in [0, 0.1) is 0 Å². The molecule has 0 N–H and O–H groups in total. The van der Waals surface area contributed by atoms with E-state index in [2.05, 4.69) is 0 Å². The van der Waals surface area contributed by atoms with Gasteiger partial charge in [-0.15, -0.1) is 0 Å². The first-order chi connectivity index (χ1) is 12.2. The summed E-state index contributed by atoms with van der Waals surface area (Å²) in [6.07, 6.45) is 1.62. The van der Waals surface area contributed by atoms with Crippen LogP contribution >= 0.6 is 0 Å². The maximum Gasteiger partial charge on any atom is 0.220 e. The summed E-state index contributed by atoms with van der Waals surface area (Å²) in [4.78, 5) is 14.3. The average Bonchev–Trinajstić information content (AvgIpc) is 3.16. The molecule has 0 saturated carbocycles. The highest BCUT2D eigenvalue weighted by atomic mass is 16.5. The molecule has 25 heavy (non-hydrogen) atoms. The molecule has 128 valence electrons. The topological polar surface area (TPSA) is 42.7 Å². The van der Waals surface area contributed by atoms with Crippen LogP contribution in [-0.2, 0) is 11.3 Å². The summed E-state index contributed by atoms with van der Waals surface area (Å²) in [6.45, 7) is 2.00. The molecule has 0 spiro atoms. The van der Waals surface area contributed by atoms with E-state index in [4.69, 9.17) is 9.15 Å². The van der Waals surface area contributed by atoms with Gasteiger partial charge in [-0.05, 0) is 35.4 Å². The zero-order valence-electron chi connectivity index (χ0n) is 14.4. The van der Waals surface area contributed by atoms with Gasteiger partial charge >= 0.3 is 0 Å². The molecule has 0 radical (unpaired) electrons. The van der Waals surface area contributed by atoms with Crippen LogP contribution in [0.1, 0.15) is 29.9 Å². The van der Waals surface area contributed by atoms with Gasteiger partial charge in [0.1, 0.15) is 11.5 Å². The molecule has 0 aliphatic heterocycles. The molecule has 2 aromatic carbocycles. The second-order valence-corrected chi connectivity index (χ2v) is 5.81. The third kappa shape index (κ3) is 3.91. The fourth-order valence-electron chi connectivity index (χ4n) is 2.93. The summed E-state index contributed by atoms with van der Waals surface area (Å²) in [5, 5.41) is 0. The third-order valence-corrected chi connectivity index (χ3v) is 4.17. The van der Waals surface area contributed by atoms with E-state index >= 15 is 0 Å². The normalized spacial score (nSPS) is 11.8. The van der Waals surface area contributed by atoms with Crippen molar-refractivity contribution in [2.45, 2.75) is 19.5 Å². The Morgan fingerprint density at radius 3 is 2.24 bits per heavy atom. The highest BCUT2D eigenvalue weighted by molar-refractivity contribution is 5.74. The van der Waals surface area contributed by atoms with Crippen LogP contribution in [0.25, 0.3) is 0 Å². The highest BCUT2D eigenvalue weighted by Gasteiger charge is 2.25. The van der Waals surface area contributed by atoms with Crippen LogP contribution in [-0.4, -0.2) is 17.9 Å². The number of carbonyl (C=O) groups excluding carboxylic acids is 1. The predicted molar refractivity (Wildman–Crippen MR) is 96.2 cm³/mol. The largest absolute Gasteiger partial charge is 0.497 e. The number of hydrogen-bond donors (Lipinski definition) is 0. The van der Waals surface area contributed by atoms with Crippen LogP contribution in [0.4, 0.5) is 0 Å². The standard InChI is InChI=1S/C21H21NO3/c1-16(23)22(15-20-9-6-14-25-20)21(17-7-4-3-5-8-17)18-10-12-19(24-2)13-11-18/h3-14,21H,15H2,1-2H3/t21-/m0/s1. The van der Waals surface area contributed by atoms with Gasteiger partial charge in [0.2, 0.25) is 5.91 Å². The SMILES string of the molecule is COc1ccc([C@H](c2ccccc2)N(Cc2ccco2)C(C)=O)cc1. The summed E-state index contributed by atoms with van der Waals surface area (Å²) in [5.41, 5.74) is 2.07. The molecule has 0 bridgehead atoms. The van der Waals surface area contributed by atoms with E-state index in [1.165, 1.54) is 0 Å². The number of rotatable bonds is 6. The fraction of sp³-hybridized carbons (Fsp3) is 0.190. The zero-order chi connectivity index (χ0) is 17.6. The number of nitrogens with zero attached hydrogens (tertiary/aromatic N) is 1. The second-order valence-electron chi connectivity index (χ2n) is 5.81. The number of amides is 1.